The summed E-state index contributed by atoms with van der Waals surface area (Å²) in [6.45, 7) is 0. The second kappa shape index (κ2) is 7.09. The van der Waals surface area contributed by atoms with Crippen LogP contribution in [0.3, 0.4) is 0 Å². The second-order valence-corrected chi connectivity index (χ2v) is 5.63. The maximum absolute atomic E-state index is 13.0. The summed E-state index contributed by atoms with van der Waals surface area (Å²) in [4.78, 5) is 28.5. The molecular formula is C19H16FN3O2. The molecule has 3 rings (SSSR count). The highest BCUT2D eigenvalue weighted by molar-refractivity contribution is 6.07. The van der Waals surface area contributed by atoms with Crippen LogP contribution in [0.5, 0.6) is 0 Å². The fraction of sp³-hybridized carbons (Fsp3) is 0.105. The van der Waals surface area contributed by atoms with Crippen LogP contribution in [0, 0.1) is 5.82 Å². The van der Waals surface area contributed by atoms with Gasteiger partial charge in [-0.15, -0.1) is 0 Å². The summed E-state index contributed by atoms with van der Waals surface area (Å²) >= 11 is 0. The summed E-state index contributed by atoms with van der Waals surface area (Å²) in [5, 5.41) is 3.34. The molecule has 3 aromatic rings. The maximum atomic E-state index is 13.0. The van der Waals surface area contributed by atoms with E-state index in [0.717, 1.165) is 0 Å². The molecule has 0 bridgehead atoms. The molecule has 0 radical (unpaired) electrons. The lowest BCUT2D eigenvalue weighted by molar-refractivity contribution is -0.119. The second-order valence-electron chi connectivity index (χ2n) is 5.63. The number of pyridine rings is 1. The summed E-state index contributed by atoms with van der Waals surface area (Å²) < 4.78 is 13.0. The molecule has 0 saturated heterocycles. The summed E-state index contributed by atoms with van der Waals surface area (Å²) in [6, 6.07) is 13.6. The van der Waals surface area contributed by atoms with Gasteiger partial charge in [-0.2, -0.15) is 0 Å². The number of rotatable bonds is 5. The zero-order valence-corrected chi connectivity index (χ0v) is 13.3. The Morgan fingerprint density at radius 3 is 2.52 bits per heavy atom. The van der Waals surface area contributed by atoms with Crippen LogP contribution >= 0.6 is 0 Å². The van der Waals surface area contributed by atoms with Crippen molar-refractivity contribution in [3.8, 4) is 0 Å². The molecule has 1 atom stereocenters. The molecule has 6 heteroatoms. The van der Waals surface area contributed by atoms with Gasteiger partial charge in [0.1, 0.15) is 11.9 Å². The van der Waals surface area contributed by atoms with E-state index in [-0.39, 0.29) is 12.2 Å². The van der Waals surface area contributed by atoms with Crippen LogP contribution in [-0.4, -0.2) is 22.8 Å². The molecule has 0 aliphatic rings. The van der Waals surface area contributed by atoms with Crippen molar-refractivity contribution in [1.82, 2.24) is 10.3 Å². The van der Waals surface area contributed by atoms with E-state index in [1.54, 1.807) is 30.3 Å². The van der Waals surface area contributed by atoms with E-state index < -0.39 is 17.9 Å². The first-order valence-electron chi connectivity index (χ1n) is 7.73. The van der Waals surface area contributed by atoms with Gasteiger partial charge in [-0.25, -0.2) is 4.39 Å². The third kappa shape index (κ3) is 3.80. The van der Waals surface area contributed by atoms with Crippen LogP contribution in [0.2, 0.25) is 0 Å². The van der Waals surface area contributed by atoms with Crippen LogP contribution in [0.1, 0.15) is 15.9 Å². The van der Waals surface area contributed by atoms with Crippen molar-refractivity contribution in [2.45, 2.75) is 12.5 Å². The molecule has 5 nitrogen and oxygen atoms in total. The number of nitrogens with one attached hydrogen (secondary N) is 1. The minimum Gasteiger partial charge on any atom is -0.368 e. The van der Waals surface area contributed by atoms with E-state index in [2.05, 4.69) is 10.3 Å². The predicted octanol–water partition coefficient (Wildman–Crippen LogP) is 2.20. The number of carbonyl (C=O) groups excluding carboxylic acids is 2. The molecular weight excluding hydrogens is 321 g/mol. The number of nitrogens with two attached hydrogens (primary N) is 1. The highest BCUT2D eigenvalue weighted by Gasteiger charge is 2.20. The molecule has 2 amide bonds. The van der Waals surface area contributed by atoms with Crippen molar-refractivity contribution < 1.29 is 14.0 Å². The fourth-order valence-corrected chi connectivity index (χ4v) is 2.61. The van der Waals surface area contributed by atoms with E-state index in [1.165, 1.54) is 18.3 Å². The minimum atomic E-state index is -0.898. The van der Waals surface area contributed by atoms with E-state index in [1.807, 2.05) is 12.1 Å². The van der Waals surface area contributed by atoms with Gasteiger partial charge in [-0.3, -0.25) is 14.6 Å². The lowest BCUT2D eigenvalue weighted by Crippen LogP contribution is -2.45. The Morgan fingerprint density at radius 2 is 1.80 bits per heavy atom. The molecule has 0 aliphatic heterocycles. The van der Waals surface area contributed by atoms with Gasteiger partial charge in [0.25, 0.3) is 5.91 Å². The summed E-state index contributed by atoms with van der Waals surface area (Å²) in [6.07, 6.45) is 1.72. The Balaban J connectivity index is 1.83. The molecule has 0 unspecified atom stereocenters. The third-order valence-electron chi connectivity index (χ3n) is 3.90. The number of amides is 2. The fourth-order valence-electron chi connectivity index (χ4n) is 2.61. The van der Waals surface area contributed by atoms with Crippen molar-refractivity contribution in [1.29, 1.82) is 0 Å². The Labute approximate surface area is 143 Å². The first-order valence-corrected chi connectivity index (χ1v) is 7.73. The molecule has 0 fully saturated rings. The number of halogens is 1. The lowest BCUT2D eigenvalue weighted by Gasteiger charge is -2.16. The SMILES string of the molecule is NC(=O)[C@@H](Cc1ccc(F)cc1)NC(=O)c1ccnc2ccccc12. The van der Waals surface area contributed by atoms with Gasteiger partial charge in [-0.1, -0.05) is 30.3 Å². The molecule has 0 spiro atoms. The van der Waals surface area contributed by atoms with Gasteiger partial charge in [0, 0.05) is 18.0 Å². The van der Waals surface area contributed by atoms with E-state index in [4.69, 9.17) is 5.73 Å². The van der Waals surface area contributed by atoms with Crippen molar-refractivity contribution in [2.24, 2.45) is 5.73 Å². The number of aromatic nitrogens is 1. The molecule has 3 N–H and O–H groups in total. The number of nitrogens with zero attached hydrogens (tertiary/aromatic N) is 1. The lowest BCUT2D eigenvalue weighted by atomic mass is 10.0. The molecule has 126 valence electrons. The minimum absolute atomic E-state index is 0.185. The van der Waals surface area contributed by atoms with Gasteiger partial charge in [0.05, 0.1) is 11.1 Å². The van der Waals surface area contributed by atoms with E-state index in [0.29, 0.717) is 22.0 Å². The highest BCUT2D eigenvalue weighted by Crippen LogP contribution is 2.16. The van der Waals surface area contributed by atoms with Gasteiger partial charge >= 0.3 is 0 Å². The van der Waals surface area contributed by atoms with Crippen molar-refractivity contribution >= 4 is 22.7 Å². The first-order chi connectivity index (χ1) is 12.0. The van der Waals surface area contributed by atoms with Gasteiger partial charge in [0.2, 0.25) is 5.91 Å². The van der Waals surface area contributed by atoms with Gasteiger partial charge in [0.15, 0.2) is 0 Å². The Hall–Kier alpha value is -3.28. The predicted molar refractivity (Wildman–Crippen MR) is 92.3 cm³/mol. The molecule has 1 aromatic heterocycles. The van der Waals surface area contributed by atoms with Crippen LogP contribution in [0.25, 0.3) is 10.9 Å². The standard InChI is InChI=1S/C19H16FN3O2/c20-13-7-5-12(6-8-13)11-17(18(21)24)23-19(25)15-9-10-22-16-4-2-1-3-14(15)16/h1-10,17H,11H2,(H2,21,24)(H,23,25)/t17-/m1/s1. The van der Waals surface area contributed by atoms with Gasteiger partial charge in [-0.05, 0) is 29.8 Å². The van der Waals surface area contributed by atoms with Crippen molar-refractivity contribution in [3.05, 3.63) is 77.7 Å². The number of benzene rings is 2. The summed E-state index contributed by atoms with van der Waals surface area (Å²) in [5.41, 5.74) is 7.21. The maximum Gasteiger partial charge on any atom is 0.252 e. The number of para-hydroxylation sites is 1. The molecule has 1 heterocycles. The van der Waals surface area contributed by atoms with E-state index >= 15 is 0 Å². The Bertz CT molecular complexity index is 920. The number of hydrogen-bond donors (Lipinski definition) is 2. The topological polar surface area (TPSA) is 85.1 Å². The Kier molecular flexibility index (Phi) is 4.70. The molecule has 25 heavy (non-hydrogen) atoms. The van der Waals surface area contributed by atoms with Crippen LogP contribution < -0.4 is 11.1 Å². The van der Waals surface area contributed by atoms with E-state index in [9.17, 15) is 14.0 Å². The quantitative estimate of drug-likeness (QED) is 0.748. The van der Waals surface area contributed by atoms with Gasteiger partial charge < -0.3 is 11.1 Å². The average Bonchev–Trinajstić information content (AvgIpc) is 2.62. The smallest absolute Gasteiger partial charge is 0.252 e. The van der Waals surface area contributed by atoms with Crippen molar-refractivity contribution in [2.75, 3.05) is 0 Å². The third-order valence-corrected chi connectivity index (χ3v) is 3.90. The normalized spacial score (nSPS) is 11.9. The zero-order valence-electron chi connectivity index (χ0n) is 13.3. The number of fused-ring (bicyclic) bond motifs is 1. The average molecular weight is 337 g/mol. The number of hydrogen-bond acceptors (Lipinski definition) is 3. The molecule has 0 saturated carbocycles. The molecule has 0 aliphatic carbocycles. The summed E-state index contributed by atoms with van der Waals surface area (Å²) in [5.74, 6) is -1.44. The highest BCUT2D eigenvalue weighted by atomic mass is 19.1. The molecule has 2 aromatic carbocycles. The zero-order chi connectivity index (χ0) is 17.8. The monoisotopic (exact) mass is 337 g/mol. The van der Waals surface area contributed by atoms with Crippen LogP contribution in [0.15, 0.2) is 60.8 Å². The van der Waals surface area contributed by atoms with Crippen molar-refractivity contribution in [3.63, 3.8) is 0 Å². The number of primary amides is 1. The van der Waals surface area contributed by atoms with Crippen LogP contribution in [-0.2, 0) is 11.2 Å². The number of carbonyl (C=O) groups is 2. The first kappa shape index (κ1) is 16.6. The summed E-state index contributed by atoms with van der Waals surface area (Å²) in [7, 11) is 0. The Morgan fingerprint density at radius 1 is 1.08 bits per heavy atom. The largest absolute Gasteiger partial charge is 0.368 e. The van der Waals surface area contributed by atoms with Crippen LogP contribution in [0.4, 0.5) is 4.39 Å².